The van der Waals surface area contributed by atoms with E-state index in [0.717, 1.165) is 10.8 Å². The number of ketones is 1. The summed E-state index contributed by atoms with van der Waals surface area (Å²) in [6.45, 7) is 0.821. The van der Waals surface area contributed by atoms with Crippen LogP contribution < -0.4 is 19.1 Å². The van der Waals surface area contributed by atoms with Gasteiger partial charge in [-0.1, -0.05) is 54.6 Å². The Morgan fingerprint density at radius 3 is 2.49 bits per heavy atom. The van der Waals surface area contributed by atoms with E-state index >= 15 is 0 Å². The van der Waals surface area contributed by atoms with Crippen LogP contribution in [-0.4, -0.2) is 37.1 Å². The second-order valence-electron chi connectivity index (χ2n) is 8.80. The van der Waals surface area contributed by atoms with E-state index in [0.29, 0.717) is 47.3 Å². The van der Waals surface area contributed by atoms with Gasteiger partial charge in [-0.3, -0.25) is 14.5 Å². The molecule has 0 spiro atoms. The molecule has 0 saturated carbocycles. The second kappa shape index (κ2) is 9.02. The van der Waals surface area contributed by atoms with Crippen molar-refractivity contribution in [2.45, 2.75) is 6.04 Å². The molecule has 37 heavy (non-hydrogen) atoms. The molecule has 2 aliphatic heterocycles. The first-order chi connectivity index (χ1) is 18.1. The van der Waals surface area contributed by atoms with Crippen LogP contribution in [-0.2, 0) is 9.59 Å². The Kier molecular flexibility index (Phi) is 5.53. The zero-order chi connectivity index (χ0) is 25.5. The van der Waals surface area contributed by atoms with E-state index in [1.54, 1.807) is 55.6 Å². The average Bonchev–Trinajstić information content (AvgIpc) is 3.22. The minimum absolute atomic E-state index is 0.00416. The number of hydrogen-bond acceptors (Lipinski definition) is 6. The van der Waals surface area contributed by atoms with Gasteiger partial charge in [-0.2, -0.15) is 0 Å². The van der Waals surface area contributed by atoms with Gasteiger partial charge in [-0.25, -0.2) is 0 Å². The molecule has 1 amide bonds. The van der Waals surface area contributed by atoms with E-state index < -0.39 is 17.7 Å². The van der Waals surface area contributed by atoms with E-state index in [1.165, 1.54) is 4.90 Å². The van der Waals surface area contributed by atoms with E-state index in [2.05, 4.69) is 0 Å². The molecule has 0 bridgehead atoms. The van der Waals surface area contributed by atoms with Crippen molar-refractivity contribution in [1.82, 2.24) is 0 Å². The summed E-state index contributed by atoms with van der Waals surface area (Å²) in [5, 5.41) is 13.3. The average molecular weight is 494 g/mol. The van der Waals surface area contributed by atoms with Crippen LogP contribution in [0.5, 0.6) is 17.2 Å². The predicted octanol–water partition coefficient (Wildman–Crippen LogP) is 5.25. The lowest BCUT2D eigenvalue weighted by Gasteiger charge is -2.27. The number of carbonyl (C=O) groups excluding carboxylic acids is 2. The summed E-state index contributed by atoms with van der Waals surface area (Å²) in [6, 6.07) is 24.4. The Morgan fingerprint density at radius 2 is 1.65 bits per heavy atom. The molecule has 0 aromatic heterocycles. The highest BCUT2D eigenvalue weighted by atomic mass is 16.6. The predicted molar refractivity (Wildman–Crippen MR) is 139 cm³/mol. The maximum Gasteiger partial charge on any atom is 0.300 e. The Hall–Kier alpha value is -4.78. The number of carbonyl (C=O) groups is 2. The molecule has 1 N–H and O–H groups in total. The molecule has 2 heterocycles. The zero-order valence-electron chi connectivity index (χ0n) is 20.0. The summed E-state index contributed by atoms with van der Waals surface area (Å²) in [6.07, 6.45) is 0. The Bertz CT molecular complexity index is 1590. The smallest absolute Gasteiger partial charge is 0.300 e. The van der Waals surface area contributed by atoms with Gasteiger partial charge in [0, 0.05) is 17.3 Å². The summed E-state index contributed by atoms with van der Waals surface area (Å²) in [5.41, 5.74) is 1.56. The highest BCUT2D eigenvalue weighted by Crippen LogP contribution is 2.45. The Labute approximate surface area is 213 Å². The third-order valence-electron chi connectivity index (χ3n) is 6.70. The lowest BCUT2D eigenvalue weighted by Crippen LogP contribution is -2.29. The summed E-state index contributed by atoms with van der Waals surface area (Å²) in [7, 11) is 1.55. The van der Waals surface area contributed by atoms with Crippen LogP contribution in [0.15, 0.2) is 90.5 Å². The number of nitrogens with zero attached hydrogens (tertiary/aromatic N) is 1. The van der Waals surface area contributed by atoms with Gasteiger partial charge in [-0.15, -0.1) is 0 Å². The fraction of sp³-hybridized carbons (Fsp3) is 0.133. The minimum atomic E-state index is -0.892. The second-order valence-corrected chi connectivity index (χ2v) is 8.80. The summed E-state index contributed by atoms with van der Waals surface area (Å²) in [4.78, 5) is 28.5. The number of rotatable bonds is 4. The monoisotopic (exact) mass is 493 g/mol. The Balaban J connectivity index is 1.58. The molecule has 4 aromatic carbocycles. The number of Topliss-reactive ketones (excluding diaryl/α,β-unsaturated/α-hetero) is 1. The molecule has 1 saturated heterocycles. The highest BCUT2D eigenvalue weighted by Gasteiger charge is 2.47. The van der Waals surface area contributed by atoms with Crippen molar-refractivity contribution in [3.8, 4) is 17.2 Å². The van der Waals surface area contributed by atoms with Crippen LogP contribution in [0.4, 0.5) is 5.69 Å². The largest absolute Gasteiger partial charge is 0.507 e. The molecule has 0 aliphatic carbocycles. The van der Waals surface area contributed by atoms with E-state index in [4.69, 9.17) is 14.2 Å². The van der Waals surface area contributed by atoms with Gasteiger partial charge in [0.15, 0.2) is 11.5 Å². The minimum Gasteiger partial charge on any atom is -0.507 e. The molecular weight excluding hydrogens is 470 g/mol. The van der Waals surface area contributed by atoms with E-state index in [9.17, 15) is 14.7 Å². The summed E-state index contributed by atoms with van der Waals surface area (Å²) < 4.78 is 16.8. The van der Waals surface area contributed by atoms with Gasteiger partial charge in [0.1, 0.15) is 24.7 Å². The van der Waals surface area contributed by atoms with Gasteiger partial charge < -0.3 is 19.3 Å². The third-order valence-corrected chi connectivity index (χ3v) is 6.70. The summed E-state index contributed by atoms with van der Waals surface area (Å²) >= 11 is 0. The van der Waals surface area contributed by atoms with Crippen molar-refractivity contribution in [2.75, 3.05) is 25.2 Å². The van der Waals surface area contributed by atoms with Crippen LogP contribution in [0, 0.1) is 0 Å². The van der Waals surface area contributed by atoms with Crippen LogP contribution >= 0.6 is 0 Å². The fourth-order valence-corrected chi connectivity index (χ4v) is 4.98. The number of hydrogen-bond donors (Lipinski definition) is 1. The van der Waals surface area contributed by atoms with Crippen molar-refractivity contribution in [2.24, 2.45) is 0 Å². The Morgan fingerprint density at radius 1 is 0.892 bits per heavy atom. The maximum absolute atomic E-state index is 13.6. The van der Waals surface area contributed by atoms with Crippen molar-refractivity contribution < 1.29 is 28.9 Å². The quantitative estimate of drug-likeness (QED) is 0.238. The first-order valence-corrected chi connectivity index (χ1v) is 11.9. The number of ether oxygens (including phenoxy) is 3. The van der Waals surface area contributed by atoms with Crippen LogP contribution in [0.25, 0.3) is 16.5 Å². The van der Waals surface area contributed by atoms with Gasteiger partial charge in [-0.05, 0) is 40.6 Å². The number of benzene rings is 4. The molecular formula is C30H23NO6. The normalized spacial score (nSPS) is 18.3. The van der Waals surface area contributed by atoms with E-state index in [1.807, 2.05) is 36.4 Å². The standard InChI is InChI=1S/C30H23NO6/c1-35-21-9-4-8-19(16-21)27-26(28(32)23-11-5-7-18-6-2-3-10-22(18)23)29(33)30(34)31(27)20-12-13-24-25(17-20)37-15-14-36-24/h2-13,16-17,27,32H,14-15H2,1H3/b28-26+. The number of anilines is 1. The first-order valence-electron chi connectivity index (χ1n) is 11.9. The lowest BCUT2D eigenvalue weighted by molar-refractivity contribution is -0.132. The van der Waals surface area contributed by atoms with Gasteiger partial charge in [0.05, 0.1) is 18.7 Å². The molecule has 1 unspecified atom stereocenters. The van der Waals surface area contributed by atoms with Gasteiger partial charge >= 0.3 is 0 Å². The highest BCUT2D eigenvalue weighted by molar-refractivity contribution is 6.51. The number of methoxy groups -OCH3 is 1. The molecule has 4 aromatic rings. The third kappa shape index (κ3) is 3.76. The number of fused-ring (bicyclic) bond motifs is 2. The zero-order valence-corrected chi connectivity index (χ0v) is 20.0. The van der Waals surface area contributed by atoms with Crippen molar-refractivity contribution in [3.05, 3.63) is 102 Å². The SMILES string of the molecule is COc1cccc(C2/C(=C(\O)c3cccc4ccccc34)C(=O)C(=O)N2c2ccc3c(c2)OCCO3)c1. The van der Waals surface area contributed by atoms with Gasteiger partial charge in [0.2, 0.25) is 0 Å². The molecule has 6 rings (SSSR count). The molecule has 7 heteroatoms. The fourth-order valence-electron chi connectivity index (χ4n) is 4.98. The molecule has 0 radical (unpaired) electrons. The van der Waals surface area contributed by atoms with Gasteiger partial charge in [0.25, 0.3) is 11.7 Å². The van der Waals surface area contributed by atoms with Crippen molar-refractivity contribution in [1.29, 1.82) is 0 Å². The summed E-state index contributed by atoms with van der Waals surface area (Å²) in [5.74, 6) is -0.123. The first kappa shape index (κ1) is 22.7. The van der Waals surface area contributed by atoms with Crippen molar-refractivity contribution >= 4 is 33.9 Å². The van der Waals surface area contributed by atoms with Crippen molar-refractivity contribution in [3.63, 3.8) is 0 Å². The molecule has 184 valence electrons. The van der Waals surface area contributed by atoms with Crippen LogP contribution in [0.1, 0.15) is 17.2 Å². The van der Waals surface area contributed by atoms with Crippen LogP contribution in [0.3, 0.4) is 0 Å². The number of amides is 1. The number of aliphatic hydroxyl groups excluding tert-OH is 1. The lowest BCUT2D eigenvalue weighted by atomic mass is 9.93. The molecule has 1 atom stereocenters. The molecule has 7 nitrogen and oxygen atoms in total. The molecule has 2 aliphatic rings. The van der Waals surface area contributed by atoms with Crippen LogP contribution in [0.2, 0.25) is 0 Å². The van der Waals surface area contributed by atoms with E-state index in [-0.39, 0.29) is 11.3 Å². The molecule has 1 fully saturated rings. The number of aliphatic hydroxyl groups is 1. The topological polar surface area (TPSA) is 85.3 Å². The maximum atomic E-state index is 13.6.